The van der Waals surface area contributed by atoms with Gasteiger partial charge in [0.05, 0.1) is 23.7 Å². The Morgan fingerprint density at radius 1 is 1.08 bits per heavy atom. The first kappa shape index (κ1) is 35.8. The van der Waals surface area contributed by atoms with Gasteiger partial charge in [-0.25, -0.2) is 18.4 Å². The lowest BCUT2D eigenvalue weighted by atomic mass is 9.72. The molecule has 4 aromatic rings. The lowest BCUT2D eigenvalue weighted by Gasteiger charge is -2.54. The van der Waals surface area contributed by atoms with Crippen molar-refractivity contribution in [2.75, 3.05) is 69.3 Å². The third-order valence-electron chi connectivity index (χ3n) is 10.6. The third-order valence-corrected chi connectivity index (χ3v) is 11.5. The first-order valence-electron chi connectivity index (χ1n) is 17.3. The fraction of sp³-hybridized carbons (Fsp3) is 0.472. The molecule has 3 fully saturated rings. The van der Waals surface area contributed by atoms with E-state index in [1.165, 1.54) is 12.3 Å². The number of nitrogens with one attached hydrogen (secondary N) is 1. The molecule has 1 aromatic carbocycles. The van der Waals surface area contributed by atoms with Gasteiger partial charge in [-0.05, 0) is 56.5 Å². The summed E-state index contributed by atoms with van der Waals surface area (Å²) in [6.45, 7) is 10.4. The van der Waals surface area contributed by atoms with Crippen LogP contribution >= 0.6 is 0 Å². The number of alkyl halides is 3. The number of carbonyl (C=O) groups excluding carboxylic acids is 1. The highest BCUT2D eigenvalue weighted by molar-refractivity contribution is 7.90. The fourth-order valence-electron chi connectivity index (χ4n) is 7.75. The Labute approximate surface area is 299 Å². The van der Waals surface area contributed by atoms with Gasteiger partial charge in [0.15, 0.2) is 12.4 Å². The van der Waals surface area contributed by atoms with Crippen LogP contribution in [0.5, 0.6) is 5.75 Å². The first-order chi connectivity index (χ1) is 24.8. The Balaban J connectivity index is 1.33. The number of pyridine rings is 1. The van der Waals surface area contributed by atoms with Crippen molar-refractivity contribution in [3.63, 3.8) is 0 Å². The van der Waals surface area contributed by atoms with Gasteiger partial charge in [0.2, 0.25) is 5.91 Å². The van der Waals surface area contributed by atoms with E-state index in [0.29, 0.717) is 103 Å². The van der Waals surface area contributed by atoms with Gasteiger partial charge in [-0.15, -0.1) is 0 Å². The van der Waals surface area contributed by atoms with Crippen molar-refractivity contribution in [1.82, 2.24) is 34.9 Å². The van der Waals surface area contributed by atoms with Crippen molar-refractivity contribution >= 4 is 49.4 Å². The lowest BCUT2D eigenvalue weighted by molar-refractivity contribution is -0.153. The van der Waals surface area contributed by atoms with E-state index in [1.807, 2.05) is 6.07 Å². The van der Waals surface area contributed by atoms with E-state index in [4.69, 9.17) is 14.7 Å². The van der Waals surface area contributed by atoms with Crippen LogP contribution in [0.4, 0.5) is 19.0 Å². The highest BCUT2D eigenvalue weighted by Gasteiger charge is 2.46. The van der Waals surface area contributed by atoms with E-state index in [9.17, 15) is 26.4 Å². The minimum absolute atomic E-state index is 0.00364. The minimum atomic E-state index is -4.63. The molecule has 0 atom stereocenters. The molecule has 3 aromatic heterocycles. The van der Waals surface area contributed by atoms with Crippen LogP contribution in [0.15, 0.2) is 43.9 Å². The first-order valence-corrected chi connectivity index (χ1v) is 19.4. The molecule has 1 N–H and O–H groups in total. The number of sulfone groups is 1. The van der Waals surface area contributed by atoms with Crippen LogP contribution in [0.25, 0.3) is 39.0 Å². The average molecular weight is 739 g/mol. The largest absolute Gasteiger partial charge is 0.481 e. The number of aromatic nitrogens is 5. The van der Waals surface area contributed by atoms with Crippen LogP contribution in [0, 0.1) is 5.41 Å². The molecule has 6 heterocycles. The number of ether oxygens (including phenoxy) is 1. The number of benzene rings is 1. The summed E-state index contributed by atoms with van der Waals surface area (Å²) in [5, 5.41) is 8.21. The molecule has 1 spiro atoms. The summed E-state index contributed by atoms with van der Waals surface area (Å²) >= 11 is 0. The standard InChI is InChI=1S/C36H41F3N8O4S/c1-4-23-16-25-31(32(51-22-36(37,38)39)30(23)27-17-40-19-28-26(27)18-41-44-28)42-33(24-6-10-45(11-7-24)14-15-52(3,49)50)43-34(25)46-12-8-35(9-13-46)20-47(21-35)29(48)5-2/h4-5,16-19,24H,1-2,6-15,20-22H2,3H3,(H,41,44). The molecule has 1 amide bonds. The van der Waals surface area contributed by atoms with Crippen LogP contribution in [0.1, 0.15) is 43.0 Å². The highest BCUT2D eigenvalue weighted by Crippen LogP contribution is 2.47. The number of fused-ring (bicyclic) bond motifs is 2. The molecular weight excluding hydrogens is 698 g/mol. The number of carbonyl (C=O) groups is 1. The summed E-state index contributed by atoms with van der Waals surface area (Å²) in [6.07, 6.45) is 7.20. The van der Waals surface area contributed by atoms with Crippen LogP contribution in [-0.2, 0) is 14.6 Å². The van der Waals surface area contributed by atoms with E-state index < -0.39 is 22.6 Å². The highest BCUT2D eigenvalue weighted by atomic mass is 32.2. The number of rotatable bonds is 10. The van der Waals surface area contributed by atoms with Crippen molar-refractivity contribution in [3.8, 4) is 16.9 Å². The number of likely N-dealkylation sites (tertiary alicyclic amines) is 2. The summed E-state index contributed by atoms with van der Waals surface area (Å²) in [7, 11) is -3.12. The van der Waals surface area contributed by atoms with Crippen molar-refractivity contribution in [2.45, 2.75) is 37.8 Å². The van der Waals surface area contributed by atoms with Crippen molar-refractivity contribution in [1.29, 1.82) is 0 Å². The zero-order chi connectivity index (χ0) is 36.8. The van der Waals surface area contributed by atoms with Crippen LogP contribution in [-0.4, -0.2) is 120 Å². The summed E-state index contributed by atoms with van der Waals surface area (Å²) in [5.74, 6) is 0.946. The monoisotopic (exact) mass is 738 g/mol. The van der Waals surface area contributed by atoms with Gasteiger partial charge in [-0.1, -0.05) is 19.2 Å². The van der Waals surface area contributed by atoms with Crippen LogP contribution in [0.2, 0.25) is 0 Å². The van der Waals surface area contributed by atoms with Gasteiger partial charge < -0.3 is 19.4 Å². The second kappa shape index (κ2) is 13.8. The Kier molecular flexibility index (Phi) is 9.48. The Bertz CT molecular complexity index is 2130. The van der Waals surface area contributed by atoms with Gasteiger partial charge in [0.1, 0.15) is 27.0 Å². The molecule has 3 aliphatic rings. The predicted octanol–water partition coefficient (Wildman–Crippen LogP) is 4.99. The van der Waals surface area contributed by atoms with E-state index in [0.717, 1.165) is 12.8 Å². The number of aromatic amines is 1. The van der Waals surface area contributed by atoms with Gasteiger partial charge in [-0.3, -0.25) is 14.9 Å². The number of anilines is 1. The van der Waals surface area contributed by atoms with Crippen LogP contribution in [0.3, 0.4) is 0 Å². The smallest absolute Gasteiger partial charge is 0.422 e. The molecule has 0 radical (unpaired) electrons. The topological polar surface area (TPSA) is 138 Å². The molecule has 0 bridgehead atoms. The zero-order valence-electron chi connectivity index (χ0n) is 29.0. The maximum atomic E-state index is 13.9. The van der Waals surface area contributed by atoms with Crippen molar-refractivity contribution in [3.05, 3.63) is 55.3 Å². The minimum Gasteiger partial charge on any atom is -0.481 e. The Hall–Kier alpha value is -4.57. The number of piperidine rings is 2. The van der Waals surface area contributed by atoms with Crippen molar-refractivity contribution < 1.29 is 31.1 Å². The fourth-order valence-corrected chi connectivity index (χ4v) is 8.34. The second-order valence-corrected chi connectivity index (χ2v) is 16.5. The van der Waals surface area contributed by atoms with Gasteiger partial charge in [0.25, 0.3) is 0 Å². The van der Waals surface area contributed by atoms with Gasteiger partial charge in [-0.2, -0.15) is 18.3 Å². The number of halogens is 3. The molecule has 3 aliphatic heterocycles. The number of amides is 1. The zero-order valence-corrected chi connectivity index (χ0v) is 29.8. The molecule has 0 saturated carbocycles. The quantitative estimate of drug-likeness (QED) is 0.222. The summed E-state index contributed by atoms with van der Waals surface area (Å²) in [6, 6.07) is 1.86. The summed E-state index contributed by atoms with van der Waals surface area (Å²) < 4.78 is 71.1. The van der Waals surface area contributed by atoms with E-state index in [-0.39, 0.29) is 34.3 Å². The molecule has 3 saturated heterocycles. The molecule has 0 aliphatic carbocycles. The van der Waals surface area contributed by atoms with E-state index in [1.54, 1.807) is 29.6 Å². The van der Waals surface area contributed by atoms with E-state index >= 15 is 0 Å². The van der Waals surface area contributed by atoms with Gasteiger partial charge >= 0.3 is 6.18 Å². The molecule has 276 valence electrons. The van der Waals surface area contributed by atoms with Crippen LogP contribution < -0.4 is 9.64 Å². The SMILES string of the molecule is C=CC(=O)N1CC2(CCN(c3nc(C4CCN(CCS(C)(=O)=O)CC4)nc4c(OCC(F)(F)F)c(-c5cncc6[nH]ncc56)c(C=C)cc34)CC2)C1. The molecule has 52 heavy (non-hydrogen) atoms. The summed E-state index contributed by atoms with van der Waals surface area (Å²) in [5.41, 5.74) is 2.28. The number of nitrogens with zero attached hydrogens (tertiary/aromatic N) is 7. The molecular formula is C36H41F3N8O4S. The molecule has 16 heteroatoms. The Morgan fingerprint density at radius 2 is 1.81 bits per heavy atom. The maximum absolute atomic E-state index is 13.9. The van der Waals surface area contributed by atoms with Crippen molar-refractivity contribution in [2.24, 2.45) is 5.41 Å². The number of H-pyrrole nitrogens is 1. The van der Waals surface area contributed by atoms with E-state index in [2.05, 4.69) is 38.1 Å². The molecule has 0 unspecified atom stereocenters. The lowest BCUT2D eigenvalue weighted by Crippen LogP contribution is -2.61. The number of hydrogen-bond donors (Lipinski definition) is 1. The molecule has 7 rings (SSSR count). The normalized spacial score (nSPS) is 18.5. The second-order valence-electron chi connectivity index (χ2n) is 14.2. The maximum Gasteiger partial charge on any atom is 0.422 e. The summed E-state index contributed by atoms with van der Waals surface area (Å²) in [4.78, 5) is 32.8. The Morgan fingerprint density at radius 3 is 2.46 bits per heavy atom. The number of hydrogen-bond acceptors (Lipinski definition) is 10. The predicted molar refractivity (Wildman–Crippen MR) is 193 cm³/mol. The average Bonchev–Trinajstić information content (AvgIpc) is 3.60. The third kappa shape index (κ3) is 7.22. The van der Waals surface area contributed by atoms with Gasteiger partial charge in [0, 0.05) is 78.4 Å². The molecule has 12 nitrogen and oxygen atoms in total.